The Kier molecular flexibility index (Phi) is 4.44. The van der Waals surface area contributed by atoms with Crippen molar-refractivity contribution in [3.05, 3.63) is 47.7 Å². The van der Waals surface area contributed by atoms with Crippen molar-refractivity contribution in [2.24, 2.45) is 0 Å². The van der Waals surface area contributed by atoms with E-state index in [0.29, 0.717) is 0 Å². The van der Waals surface area contributed by atoms with Gasteiger partial charge in [0.15, 0.2) is 0 Å². The van der Waals surface area contributed by atoms with Gasteiger partial charge in [0.1, 0.15) is 11.6 Å². The quantitative estimate of drug-likeness (QED) is 0.891. The molecule has 0 saturated carbocycles. The van der Waals surface area contributed by atoms with Gasteiger partial charge in [0, 0.05) is 24.2 Å². The monoisotopic (exact) mass is 256 g/mol. The first-order chi connectivity index (χ1) is 9.20. The molecule has 0 radical (unpaired) electrons. The van der Waals surface area contributed by atoms with Gasteiger partial charge < -0.3 is 5.32 Å². The number of hydrogen-bond donors (Lipinski definition) is 1. The smallest absolute Gasteiger partial charge is 0.133 e. The van der Waals surface area contributed by atoms with Gasteiger partial charge in [-0.15, -0.1) is 0 Å². The van der Waals surface area contributed by atoms with Crippen molar-refractivity contribution in [2.75, 3.05) is 5.32 Å². The first-order valence-electron chi connectivity index (χ1n) is 6.69. The third-order valence-electron chi connectivity index (χ3n) is 3.04. The molecule has 0 aliphatic heterocycles. The van der Waals surface area contributed by atoms with E-state index in [9.17, 15) is 0 Å². The molecule has 1 unspecified atom stereocenters. The van der Waals surface area contributed by atoms with Crippen molar-refractivity contribution in [3.63, 3.8) is 0 Å². The maximum atomic E-state index is 4.51. The van der Waals surface area contributed by atoms with Crippen LogP contribution in [-0.2, 0) is 6.42 Å². The van der Waals surface area contributed by atoms with Gasteiger partial charge in [-0.25, -0.2) is 9.97 Å². The molecular weight excluding hydrogens is 236 g/mol. The number of aromatic nitrogens is 3. The maximum Gasteiger partial charge on any atom is 0.133 e. The fourth-order valence-electron chi connectivity index (χ4n) is 1.99. The van der Waals surface area contributed by atoms with Gasteiger partial charge in [0.2, 0.25) is 0 Å². The molecular formula is C15H20N4. The van der Waals surface area contributed by atoms with Crippen molar-refractivity contribution >= 4 is 5.82 Å². The zero-order chi connectivity index (χ0) is 13.7. The maximum absolute atomic E-state index is 4.51. The molecule has 2 aromatic heterocycles. The third-order valence-corrected chi connectivity index (χ3v) is 3.04. The van der Waals surface area contributed by atoms with Crippen LogP contribution < -0.4 is 5.32 Å². The Morgan fingerprint density at radius 1 is 1.32 bits per heavy atom. The molecule has 100 valence electrons. The number of rotatable bonds is 5. The van der Waals surface area contributed by atoms with Gasteiger partial charge in [0.25, 0.3) is 0 Å². The molecule has 0 amide bonds. The Morgan fingerprint density at radius 2 is 2.16 bits per heavy atom. The van der Waals surface area contributed by atoms with E-state index in [-0.39, 0.29) is 6.04 Å². The van der Waals surface area contributed by atoms with E-state index in [1.54, 1.807) is 6.20 Å². The Bertz CT molecular complexity index is 525. The summed E-state index contributed by atoms with van der Waals surface area (Å²) in [7, 11) is 0. The van der Waals surface area contributed by atoms with E-state index in [0.717, 1.165) is 30.0 Å². The number of aryl methyl sites for hydroxylation is 2. The standard InChI is InChI=1S/C15H20N4/c1-4-6-14-10-17-12(3)19-15(14)18-11(2)13-7-5-8-16-9-13/h5,7-11H,4,6H2,1-3H3,(H,17,18,19). The molecule has 4 nitrogen and oxygen atoms in total. The van der Waals surface area contributed by atoms with E-state index in [1.807, 2.05) is 25.4 Å². The van der Waals surface area contributed by atoms with Gasteiger partial charge in [-0.2, -0.15) is 0 Å². The molecule has 0 aliphatic carbocycles. The highest BCUT2D eigenvalue weighted by molar-refractivity contribution is 5.45. The Morgan fingerprint density at radius 3 is 2.84 bits per heavy atom. The molecule has 0 spiro atoms. The average Bonchev–Trinajstić information content (AvgIpc) is 2.43. The summed E-state index contributed by atoms with van der Waals surface area (Å²) in [6, 6.07) is 4.20. The molecule has 0 bridgehead atoms. The number of nitrogens with one attached hydrogen (secondary N) is 1. The lowest BCUT2D eigenvalue weighted by atomic mass is 10.1. The lowest BCUT2D eigenvalue weighted by Crippen LogP contribution is -2.11. The zero-order valence-corrected chi connectivity index (χ0v) is 11.7. The summed E-state index contributed by atoms with van der Waals surface area (Å²) in [5.74, 6) is 1.73. The summed E-state index contributed by atoms with van der Waals surface area (Å²) >= 11 is 0. The molecule has 0 fully saturated rings. The second-order valence-corrected chi connectivity index (χ2v) is 4.69. The number of anilines is 1. The third kappa shape index (κ3) is 3.50. The van der Waals surface area contributed by atoms with E-state index in [4.69, 9.17) is 0 Å². The SMILES string of the molecule is CCCc1cnc(C)nc1NC(C)c1cccnc1. The van der Waals surface area contributed by atoms with Crippen LogP contribution in [0.1, 0.15) is 43.3 Å². The van der Waals surface area contributed by atoms with Crippen LogP contribution in [-0.4, -0.2) is 15.0 Å². The highest BCUT2D eigenvalue weighted by Crippen LogP contribution is 2.20. The van der Waals surface area contributed by atoms with Crippen molar-refractivity contribution < 1.29 is 0 Å². The number of hydrogen-bond acceptors (Lipinski definition) is 4. The zero-order valence-electron chi connectivity index (χ0n) is 11.7. The minimum absolute atomic E-state index is 0.179. The van der Waals surface area contributed by atoms with E-state index in [2.05, 4.69) is 40.2 Å². The molecule has 0 aliphatic rings. The van der Waals surface area contributed by atoms with Crippen molar-refractivity contribution in [2.45, 2.75) is 39.7 Å². The second-order valence-electron chi connectivity index (χ2n) is 4.69. The molecule has 0 saturated heterocycles. The topological polar surface area (TPSA) is 50.7 Å². The van der Waals surface area contributed by atoms with Crippen LogP contribution in [0, 0.1) is 6.92 Å². The van der Waals surface area contributed by atoms with Crippen LogP contribution in [0.25, 0.3) is 0 Å². The molecule has 2 heterocycles. The van der Waals surface area contributed by atoms with Crippen molar-refractivity contribution in [1.82, 2.24) is 15.0 Å². The van der Waals surface area contributed by atoms with Crippen LogP contribution in [0.4, 0.5) is 5.82 Å². The lowest BCUT2D eigenvalue weighted by molar-refractivity contribution is 0.834. The first kappa shape index (κ1) is 13.5. The molecule has 4 heteroatoms. The summed E-state index contributed by atoms with van der Waals surface area (Å²) < 4.78 is 0. The first-order valence-corrected chi connectivity index (χ1v) is 6.69. The molecule has 1 atom stereocenters. The van der Waals surface area contributed by atoms with Gasteiger partial charge in [0.05, 0.1) is 6.04 Å². The summed E-state index contributed by atoms with van der Waals surface area (Å²) in [6.07, 6.45) is 7.66. The fourth-order valence-corrected chi connectivity index (χ4v) is 1.99. The minimum Gasteiger partial charge on any atom is -0.363 e. The average molecular weight is 256 g/mol. The molecule has 19 heavy (non-hydrogen) atoms. The van der Waals surface area contributed by atoms with Crippen LogP contribution >= 0.6 is 0 Å². The summed E-state index contributed by atoms with van der Waals surface area (Å²) in [6.45, 7) is 6.19. The van der Waals surface area contributed by atoms with E-state index < -0.39 is 0 Å². The van der Waals surface area contributed by atoms with Crippen LogP contribution in [0.3, 0.4) is 0 Å². The van der Waals surface area contributed by atoms with E-state index in [1.165, 1.54) is 5.56 Å². The Labute approximate surface area is 114 Å². The lowest BCUT2D eigenvalue weighted by Gasteiger charge is -2.17. The fraction of sp³-hybridized carbons (Fsp3) is 0.400. The number of nitrogens with zero attached hydrogens (tertiary/aromatic N) is 3. The van der Waals surface area contributed by atoms with Crippen LogP contribution in [0.2, 0.25) is 0 Å². The molecule has 2 rings (SSSR count). The van der Waals surface area contributed by atoms with Crippen LogP contribution in [0.15, 0.2) is 30.7 Å². The van der Waals surface area contributed by atoms with Gasteiger partial charge >= 0.3 is 0 Å². The highest BCUT2D eigenvalue weighted by Gasteiger charge is 2.10. The van der Waals surface area contributed by atoms with Crippen molar-refractivity contribution in [1.29, 1.82) is 0 Å². The highest BCUT2D eigenvalue weighted by atomic mass is 15.0. The number of pyridine rings is 1. The van der Waals surface area contributed by atoms with E-state index >= 15 is 0 Å². The predicted octanol–water partition coefficient (Wildman–Crippen LogP) is 3.31. The molecule has 0 aromatic carbocycles. The summed E-state index contributed by atoms with van der Waals surface area (Å²) in [4.78, 5) is 12.9. The van der Waals surface area contributed by atoms with Gasteiger partial charge in [-0.1, -0.05) is 19.4 Å². The summed E-state index contributed by atoms with van der Waals surface area (Å²) in [5, 5.41) is 3.46. The summed E-state index contributed by atoms with van der Waals surface area (Å²) in [5.41, 5.74) is 2.32. The predicted molar refractivity (Wildman–Crippen MR) is 77.0 cm³/mol. The van der Waals surface area contributed by atoms with Gasteiger partial charge in [-0.05, 0) is 31.9 Å². The molecule has 1 N–H and O–H groups in total. The Hall–Kier alpha value is -1.97. The second kappa shape index (κ2) is 6.27. The largest absolute Gasteiger partial charge is 0.363 e. The minimum atomic E-state index is 0.179. The molecule has 2 aromatic rings. The van der Waals surface area contributed by atoms with Crippen LogP contribution in [0.5, 0.6) is 0 Å². The van der Waals surface area contributed by atoms with Gasteiger partial charge in [-0.3, -0.25) is 4.98 Å². The normalized spacial score (nSPS) is 12.2. The van der Waals surface area contributed by atoms with Crippen molar-refractivity contribution in [3.8, 4) is 0 Å². The Balaban J connectivity index is 2.20.